The Balaban J connectivity index is 2.21. The zero-order valence-corrected chi connectivity index (χ0v) is 7.56. The van der Waals surface area contributed by atoms with Crippen LogP contribution in [0.15, 0.2) is 0 Å². The predicted molar refractivity (Wildman–Crippen MR) is 45.4 cm³/mol. The molecule has 0 aromatic heterocycles. The van der Waals surface area contributed by atoms with E-state index in [1.165, 1.54) is 0 Å². The topological polar surface area (TPSA) is 104 Å². The van der Waals surface area contributed by atoms with E-state index in [0.717, 1.165) is 0 Å². The summed E-state index contributed by atoms with van der Waals surface area (Å²) in [5.74, 6) is 0. The van der Waals surface area contributed by atoms with Crippen molar-refractivity contribution in [1.82, 2.24) is 4.90 Å². The molecule has 2 aliphatic rings. The van der Waals surface area contributed by atoms with Crippen LogP contribution in [-0.4, -0.2) is 80.1 Å². The molecule has 0 amide bonds. The third kappa shape index (κ3) is 1.19. The normalized spacial score (nSPS) is 53.8. The van der Waals surface area contributed by atoms with Crippen LogP contribution in [0, 0.1) is 0 Å². The maximum absolute atomic E-state index is 9.58. The molecule has 6 nitrogen and oxygen atoms in total. The number of rotatable bonds is 1. The first-order chi connectivity index (χ1) is 6.57. The van der Waals surface area contributed by atoms with Crippen molar-refractivity contribution < 1.29 is 25.5 Å². The van der Waals surface area contributed by atoms with E-state index in [9.17, 15) is 20.4 Å². The van der Waals surface area contributed by atoms with Crippen LogP contribution in [0.3, 0.4) is 0 Å². The molecule has 0 bridgehead atoms. The number of fused-ring (bicyclic) bond motifs is 1. The molecule has 0 spiro atoms. The molecule has 0 aromatic carbocycles. The van der Waals surface area contributed by atoms with Crippen LogP contribution in [-0.2, 0) is 0 Å². The van der Waals surface area contributed by atoms with Gasteiger partial charge in [0, 0.05) is 6.54 Å². The number of hydrogen-bond donors (Lipinski definition) is 5. The SMILES string of the molecule is OC[C@@H]1[C@@H](O)[C@H](O)[C@H]2[C@@H](O)[C@H](O)CN21. The summed E-state index contributed by atoms with van der Waals surface area (Å²) in [6.45, 7) is -0.126. The first kappa shape index (κ1) is 10.3. The van der Waals surface area contributed by atoms with Crippen LogP contribution < -0.4 is 0 Å². The fourth-order valence-electron chi connectivity index (χ4n) is 2.46. The summed E-state index contributed by atoms with van der Waals surface area (Å²) in [7, 11) is 0. The summed E-state index contributed by atoms with van der Waals surface area (Å²) in [6, 6.07) is -1.26. The minimum atomic E-state index is -1.11. The first-order valence-corrected chi connectivity index (χ1v) is 4.66. The van der Waals surface area contributed by atoms with Crippen molar-refractivity contribution in [2.45, 2.75) is 36.5 Å². The van der Waals surface area contributed by atoms with Crippen molar-refractivity contribution in [3.63, 3.8) is 0 Å². The summed E-state index contributed by atoms with van der Waals surface area (Å²) in [6.07, 6.45) is -4.15. The van der Waals surface area contributed by atoms with Gasteiger partial charge in [0.15, 0.2) is 0 Å². The van der Waals surface area contributed by atoms with Gasteiger partial charge in [-0.15, -0.1) is 0 Å². The molecule has 0 aliphatic carbocycles. The smallest absolute Gasteiger partial charge is 0.0996 e. The molecule has 2 saturated heterocycles. The summed E-state index contributed by atoms with van der Waals surface area (Å²) in [5.41, 5.74) is 0. The second-order valence-corrected chi connectivity index (χ2v) is 3.98. The summed E-state index contributed by atoms with van der Waals surface area (Å²) >= 11 is 0. The zero-order valence-electron chi connectivity index (χ0n) is 7.56. The van der Waals surface area contributed by atoms with Gasteiger partial charge < -0.3 is 25.5 Å². The van der Waals surface area contributed by atoms with Crippen molar-refractivity contribution in [2.75, 3.05) is 13.2 Å². The van der Waals surface area contributed by atoms with Crippen molar-refractivity contribution in [3.05, 3.63) is 0 Å². The Kier molecular flexibility index (Phi) is 2.50. The maximum Gasteiger partial charge on any atom is 0.0996 e. The molecule has 0 aromatic rings. The van der Waals surface area contributed by atoms with Gasteiger partial charge in [-0.25, -0.2) is 0 Å². The van der Waals surface area contributed by atoms with Crippen LogP contribution in [0.2, 0.25) is 0 Å². The summed E-state index contributed by atoms with van der Waals surface area (Å²) < 4.78 is 0. The van der Waals surface area contributed by atoms with Gasteiger partial charge in [-0.3, -0.25) is 4.90 Å². The Bertz CT molecular complexity index is 226. The molecule has 6 heteroatoms. The minimum Gasteiger partial charge on any atom is -0.395 e. The zero-order chi connectivity index (χ0) is 10.5. The van der Waals surface area contributed by atoms with Crippen molar-refractivity contribution >= 4 is 0 Å². The highest BCUT2D eigenvalue weighted by atomic mass is 16.4. The Morgan fingerprint density at radius 2 is 1.64 bits per heavy atom. The molecule has 82 valence electrons. The van der Waals surface area contributed by atoms with Gasteiger partial charge in [-0.05, 0) is 0 Å². The third-order valence-corrected chi connectivity index (χ3v) is 3.23. The van der Waals surface area contributed by atoms with Gasteiger partial charge in [0.05, 0.1) is 43.1 Å². The fourth-order valence-corrected chi connectivity index (χ4v) is 2.46. The molecule has 2 heterocycles. The van der Waals surface area contributed by atoms with E-state index in [4.69, 9.17) is 5.11 Å². The molecule has 5 N–H and O–H groups in total. The number of hydrogen-bond acceptors (Lipinski definition) is 6. The molecule has 0 radical (unpaired) electrons. The lowest BCUT2D eigenvalue weighted by Crippen LogP contribution is -2.41. The highest BCUT2D eigenvalue weighted by Gasteiger charge is 2.56. The predicted octanol–water partition coefficient (Wildman–Crippen LogP) is -3.51. The number of aliphatic hydroxyl groups is 5. The molecule has 0 unspecified atom stereocenters. The maximum atomic E-state index is 9.58. The highest BCUT2D eigenvalue weighted by Crippen LogP contribution is 2.33. The Morgan fingerprint density at radius 3 is 2.21 bits per heavy atom. The van der Waals surface area contributed by atoms with E-state index in [1.54, 1.807) is 4.90 Å². The average molecular weight is 205 g/mol. The standard InChI is InChI=1S/C8H15NO5/c10-2-3-6(12)8(14)5-7(13)4(11)1-9(3)5/h3-8,10-14H,1-2H2/t3-,4-,5-,6-,7+,8-/m1/s1. The van der Waals surface area contributed by atoms with Gasteiger partial charge >= 0.3 is 0 Å². The monoisotopic (exact) mass is 205 g/mol. The van der Waals surface area contributed by atoms with Crippen LogP contribution in [0.25, 0.3) is 0 Å². The van der Waals surface area contributed by atoms with Crippen LogP contribution >= 0.6 is 0 Å². The second-order valence-electron chi connectivity index (χ2n) is 3.98. The molecular weight excluding hydrogens is 190 g/mol. The van der Waals surface area contributed by atoms with Crippen LogP contribution in [0.5, 0.6) is 0 Å². The van der Waals surface area contributed by atoms with Crippen LogP contribution in [0.4, 0.5) is 0 Å². The largest absolute Gasteiger partial charge is 0.395 e. The molecule has 2 fully saturated rings. The van der Waals surface area contributed by atoms with Gasteiger partial charge in [0.1, 0.15) is 0 Å². The van der Waals surface area contributed by atoms with Crippen LogP contribution in [0.1, 0.15) is 0 Å². The van der Waals surface area contributed by atoms with Gasteiger partial charge in [0.2, 0.25) is 0 Å². The lowest BCUT2D eigenvalue weighted by atomic mass is 10.0. The second kappa shape index (κ2) is 3.41. The molecule has 14 heavy (non-hydrogen) atoms. The lowest BCUT2D eigenvalue weighted by Gasteiger charge is -2.22. The number of nitrogens with zero attached hydrogens (tertiary/aromatic N) is 1. The average Bonchev–Trinajstić information content (AvgIpc) is 2.54. The van der Waals surface area contributed by atoms with Gasteiger partial charge in [0.25, 0.3) is 0 Å². The van der Waals surface area contributed by atoms with E-state index < -0.39 is 36.5 Å². The quantitative estimate of drug-likeness (QED) is 0.304. The van der Waals surface area contributed by atoms with Crippen molar-refractivity contribution in [2.24, 2.45) is 0 Å². The first-order valence-electron chi connectivity index (χ1n) is 4.66. The third-order valence-electron chi connectivity index (χ3n) is 3.23. The molecule has 6 atom stereocenters. The fraction of sp³-hybridized carbons (Fsp3) is 1.00. The highest BCUT2D eigenvalue weighted by molar-refractivity contribution is 5.09. The molecule has 0 saturated carbocycles. The van der Waals surface area contributed by atoms with E-state index in [1.807, 2.05) is 0 Å². The van der Waals surface area contributed by atoms with E-state index in [2.05, 4.69) is 0 Å². The van der Waals surface area contributed by atoms with Crippen molar-refractivity contribution in [3.8, 4) is 0 Å². The van der Waals surface area contributed by atoms with E-state index in [0.29, 0.717) is 0 Å². The minimum absolute atomic E-state index is 0.172. The lowest BCUT2D eigenvalue weighted by molar-refractivity contribution is -0.0268. The van der Waals surface area contributed by atoms with Gasteiger partial charge in [-0.1, -0.05) is 0 Å². The van der Waals surface area contributed by atoms with E-state index in [-0.39, 0.29) is 13.2 Å². The molecular formula is C8H15NO5. The Morgan fingerprint density at radius 1 is 1.00 bits per heavy atom. The van der Waals surface area contributed by atoms with Crippen molar-refractivity contribution in [1.29, 1.82) is 0 Å². The van der Waals surface area contributed by atoms with E-state index >= 15 is 0 Å². The summed E-state index contributed by atoms with van der Waals surface area (Å²) in [5, 5.41) is 47.0. The summed E-state index contributed by atoms with van der Waals surface area (Å²) in [4.78, 5) is 1.56. The molecule has 2 aliphatic heterocycles. The Labute approximate surface area is 81.0 Å². The Hall–Kier alpha value is -0.240. The van der Waals surface area contributed by atoms with Gasteiger partial charge in [-0.2, -0.15) is 0 Å². The molecule has 2 rings (SSSR count). The number of aliphatic hydroxyl groups excluding tert-OH is 5.